The van der Waals surface area contributed by atoms with Gasteiger partial charge in [0.05, 0.1) is 5.56 Å². The number of halogens is 1. The maximum atomic E-state index is 10.3. The Labute approximate surface area is 73.8 Å². The molecule has 0 aliphatic rings. The fourth-order valence-electron chi connectivity index (χ4n) is 0.671. The van der Waals surface area contributed by atoms with Crippen LogP contribution in [0.15, 0.2) is 18.3 Å². The number of carbonyl (C=O) groups excluding carboxylic acids is 1. The molecule has 0 atom stereocenters. The van der Waals surface area contributed by atoms with E-state index in [1.54, 1.807) is 0 Å². The third-order valence-electron chi connectivity index (χ3n) is 1.17. The van der Waals surface area contributed by atoms with Gasteiger partial charge < -0.3 is 4.74 Å². The molecule has 1 aromatic heterocycles. The van der Waals surface area contributed by atoms with Gasteiger partial charge >= 0.3 is 5.97 Å². The second-order valence-corrected chi connectivity index (χ2v) is 2.14. The SMILES string of the molecule is [O]C(=O)c1ccnc(OCCl)c1. The van der Waals surface area contributed by atoms with Crippen LogP contribution < -0.4 is 4.74 Å². The van der Waals surface area contributed by atoms with Gasteiger partial charge in [-0.15, -0.1) is 0 Å². The highest BCUT2D eigenvalue weighted by Crippen LogP contribution is 2.09. The van der Waals surface area contributed by atoms with Crippen LogP contribution in [0.3, 0.4) is 0 Å². The van der Waals surface area contributed by atoms with Gasteiger partial charge in [-0.1, -0.05) is 11.6 Å². The van der Waals surface area contributed by atoms with Crippen molar-refractivity contribution in [3.63, 3.8) is 0 Å². The van der Waals surface area contributed by atoms with Crippen molar-refractivity contribution in [3.05, 3.63) is 23.9 Å². The number of ether oxygens (including phenoxy) is 1. The van der Waals surface area contributed by atoms with Crippen molar-refractivity contribution >= 4 is 17.6 Å². The molecule has 4 nitrogen and oxygen atoms in total. The summed E-state index contributed by atoms with van der Waals surface area (Å²) in [6, 6.07) is 2.50. The number of hydrogen-bond acceptors (Lipinski definition) is 3. The Morgan fingerprint density at radius 2 is 2.42 bits per heavy atom. The topological polar surface area (TPSA) is 59.1 Å². The molecular formula is C7H5ClNO3. The minimum absolute atomic E-state index is 0.0186. The molecule has 0 aliphatic heterocycles. The highest BCUT2D eigenvalue weighted by Gasteiger charge is 2.05. The summed E-state index contributed by atoms with van der Waals surface area (Å²) in [5.41, 5.74) is 0.0186. The van der Waals surface area contributed by atoms with E-state index in [1.165, 1.54) is 18.3 Å². The summed E-state index contributed by atoms with van der Waals surface area (Å²) in [7, 11) is 0. The van der Waals surface area contributed by atoms with Crippen LogP contribution in [0.25, 0.3) is 0 Å². The zero-order chi connectivity index (χ0) is 8.97. The van der Waals surface area contributed by atoms with Gasteiger partial charge in [0.25, 0.3) is 0 Å². The van der Waals surface area contributed by atoms with Crippen LogP contribution in [0.4, 0.5) is 0 Å². The fourth-order valence-corrected chi connectivity index (χ4v) is 0.783. The molecule has 0 aromatic carbocycles. The number of aromatic nitrogens is 1. The minimum Gasteiger partial charge on any atom is -0.461 e. The number of alkyl halides is 1. The molecule has 0 amide bonds. The Balaban J connectivity index is 2.88. The van der Waals surface area contributed by atoms with E-state index in [9.17, 15) is 9.90 Å². The van der Waals surface area contributed by atoms with E-state index in [0.29, 0.717) is 0 Å². The van der Waals surface area contributed by atoms with Gasteiger partial charge in [-0.2, -0.15) is 0 Å². The molecule has 0 saturated carbocycles. The van der Waals surface area contributed by atoms with E-state index in [2.05, 4.69) is 4.98 Å². The van der Waals surface area contributed by atoms with Crippen LogP contribution in [-0.2, 0) is 5.11 Å². The molecule has 0 bridgehead atoms. The van der Waals surface area contributed by atoms with Crippen molar-refractivity contribution in [3.8, 4) is 5.88 Å². The van der Waals surface area contributed by atoms with Gasteiger partial charge in [0, 0.05) is 12.3 Å². The van der Waals surface area contributed by atoms with Crippen LogP contribution in [0.5, 0.6) is 5.88 Å². The first-order valence-electron chi connectivity index (χ1n) is 3.10. The van der Waals surface area contributed by atoms with E-state index < -0.39 is 5.97 Å². The zero-order valence-electron chi connectivity index (χ0n) is 5.99. The summed E-state index contributed by atoms with van der Waals surface area (Å²) in [6.45, 7) is 0. The van der Waals surface area contributed by atoms with Crippen molar-refractivity contribution < 1.29 is 14.6 Å². The highest BCUT2D eigenvalue weighted by molar-refractivity contribution is 6.17. The lowest BCUT2D eigenvalue weighted by Crippen LogP contribution is -1.97. The number of nitrogens with zero attached hydrogens (tertiary/aromatic N) is 1. The molecule has 1 radical (unpaired) electrons. The average molecular weight is 187 g/mol. The lowest BCUT2D eigenvalue weighted by atomic mass is 10.3. The monoisotopic (exact) mass is 186 g/mol. The molecule has 5 heteroatoms. The Morgan fingerprint density at radius 3 is 3.00 bits per heavy atom. The lowest BCUT2D eigenvalue weighted by molar-refractivity contribution is 0.0572. The van der Waals surface area contributed by atoms with E-state index >= 15 is 0 Å². The summed E-state index contributed by atoms with van der Waals surface area (Å²) in [4.78, 5) is 14.0. The van der Waals surface area contributed by atoms with Crippen molar-refractivity contribution in [2.75, 3.05) is 6.07 Å². The quantitative estimate of drug-likeness (QED) is 0.667. The standard InChI is InChI=1S/C7H5ClNO3/c8-4-12-6-3-5(7(10)11)1-2-9-6/h1-3H,4H2. The molecule has 0 aliphatic carbocycles. The van der Waals surface area contributed by atoms with E-state index in [1.807, 2.05) is 0 Å². The molecular weight excluding hydrogens is 182 g/mol. The van der Waals surface area contributed by atoms with Gasteiger partial charge in [-0.25, -0.2) is 14.9 Å². The Morgan fingerprint density at radius 1 is 1.67 bits per heavy atom. The van der Waals surface area contributed by atoms with Crippen LogP contribution in [0.2, 0.25) is 0 Å². The molecule has 0 spiro atoms. The first-order valence-corrected chi connectivity index (χ1v) is 3.63. The third kappa shape index (κ3) is 2.10. The van der Waals surface area contributed by atoms with E-state index in [4.69, 9.17) is 16.3 Å². The van der Waals surface area contributed by atoms with Gasteiger partial charge in [-0.3, -0.25) is 0 Å². The number of carbonyl (C=O) groups is 1. The van der Waals surface area contributed by atoms with Crippen molar-refractivity contribution in [1.29, 1.82) is 0 Å². The number of pyridine rings is 1. The predicted molar refractivity (Wildman–Crippen MR) is 40.6 cm³/mol. The summed E-state index contributed by atoms with van der Waals surface area (Å²) in [6.07, 6.45) is 1.31. The summed E-state index contributed by atoms with van der Waals surface area (Å²) in [5.74, 6) is -1.09. The number of hydrogen-bond donors (Lipinski definition) is 0. The molecule has 1 aromatic rings. The molecule has 1 heterocycles. The van der Waals surface area contributed by atoms with Gasteiger partial charge in [0.15, 0.2) is 6.07 Å². The maximum Gasteiger partial charge on any atom is 0.386 e. The van der Waals surface area contributed by atoms with Gasteiger partial charge in [-0.05, 0) is 6.07 Å². The van der Waals surface area contributed by atoms with Crippen molar-refractivity contribution in [2.24, 2.45) is 0 Å². The van der Waals surface area contributed by atoms with Crippen molar-refractivity contribution in [2.45, 2.75) is 0 Å². The normalized spacial score (nSPS) is 9.42. The third-order valence-corrected chi connectivity index (χ3v) is 1.28. The average Bonchev–Trinajstić information content (AvgIpc) is 2.05. The molecule has 0 fully saturated rings. The van der Waals surface area contributed by atoms with Crippen LogP contribution in [0.1, 0.15) is 10.4 Å². The molecule has 0 saturated heterocycles. The second kappa shape index (κ2) is 3.92. The second-order valence-electron chi connectivity index (χ2n) is 1.92. The lowest BCUT2D eigenvalue weighted by Gasteiger charge is -1.99. The Kier molecular flexibility index (Phi) is 2.88. The molecule has 63 valence electrons. The zero-order valence-corrected chi connectivity index (χ0v) is 6.75. The van der Waals surface area contributed by atoms with E-state index in [-0.39, 0.29) is 17.5 Å². The van der Waals surface area contributed by atoms with Crippen LogP contribution >= 0.6 is 11.6 Å². The summed E-state index contributed by atoms with van der Waals surface area (Å²) in [5, 5.41) is 10.3. The molecule has 1 rings (SSSR count). The van der Waals surface area contributed by atoms with Crippen LogP contribution in [0, 0.1) is 0 Å². The number of rotatable bonds is 3. The van der Waals surface area contributed by atoms with E-state index in [0.717, 1.165) is 0 Å². The molecule has 12 heavy (non-hydrogen) atoms. The largest absolute Gasteiger partial charge is 0.461 e. The highest BCUT2D eigenvalue weighted by atomic mass is 35.5. The smallest absolute Gasteiger partial charge is 0.386 e. The van der Waals surface area contributed by atoms with Crippen LogP contribution in [-0.4, -0.2) is 17.0 Å². The predicted octanol–water partition coefficient (Wildman–Crippen LogP) is 1.23. The minimum atomic E-state index is -1.27. The first kappa shape index (κ1) is 8.80. The van der Waals surface area contributed by atoms with Gasteiger partial charge in [0.2, 0.25) is 5.88 Å². The van der Waals surface area contributed by atoms with Gasteiger partial charge in [0.1, 0.15) is 0 Å². The first-order chi connectivity index (χ1) is 5.74. The van der Waals surface area contributed by atoms with Crippen molar-refractivity contribution in [1.82, 2.24) is 4.98 Å². The summed E-state index contributed by atoms with van der Waals surface area (Å²) < 4.78 is 4.76. The molecule has 0 N–H and O–H groups in total. The Hall–Kier alpha value is -1.29. The Bertz CT molecular complexity index is 290. The fraction of sp³-hybridized carbons (Fsp3) is 0.143. The summed E-state index contributed by atoms with van der Waals surface area (Å²) >= 11 is 5.24. The molecule has 0 unspecified atom stereocenters. The maximum absolute atomic E-state index is 10.3.